The summed E-state index contributed by atoms with van der Waals surface area (Å²) in [6.45, 7) is 6.33. The number of hydrogen-bond donors (Lipinski definition) is 0. The lowest BCUT2D eigenvalue weighted by Crippen LogP contribution is -2.22. The first-order valence-corrected chi connectivity index (χ1v) is 9.09. The van der Waals surface area contributed by atoms with E-state index in [9.17, 15) is 0 Å². The van der Waals surface area contributed by atoms with Gasteiger partial charge >= 0.3 is 0 Å². The van der Waals surface area contributed by atoms with Crippen molar-refractivity contribution >= 4 is 28.2 Å². The summed E-state index contributed by atoms with van der Waals surface area (Å²) in [6.07, 6.45) is 10.6. The van der Waals surface area contributed by atoms with Crippen LogP contribution in [0.25, 0.3) is 10.8 Å². The van der Waals surface area contributed by atoms with Crippen LogP contribution < -0.4 is 4.90 Å². The Morgan fingerprint density at radius 3 is 2.58 bits per heavy atom. The van der Waals surface area contributed by atoms with Crippen molar-refractivity contribution in [3.8, 4) is 0 Å². The Morgan fingerprint density at radius 1 is 1.04 bits per heavy atom. The van der Waals surface area contributed by atoms with E-state index in [4.69, 9.17) is 0 Å². The number of benzene rings is 2. The van der Waals surface area contributed by atoms with Gasteiger partial charge in [-0.3, -0.25) is 0 Å². The maximum atomic E-state index is 2.35. The number of likely N-dealkylation sites (N-methyl/N-ethyl adjacent to an activating group) is 1. The number of allylic oxidation sites excluding steroid dienone is 6. The van der Waals surface area contributed by atoms with Crippen LogP contribution in [0.1, 0.15) is 20.8 Å². The number of hydrogen-bond acceptors (Lipinski definition) is 2. The highest BCUT2D eigenvalue weighted by atomic mass is 32.2. The van der Waals surface area contributed by atoms with Crippen LogP contribution in [0.2, 0.25) is 0 Å². The van der Waals surface area contributed by atoms with Gasteiger partial charge in [0.1, 0.15) is 0 Å². The Labute approximate surface area is 149 Å². The molecule has 2 aromatic rings. The Balaban J connectivity index is 2.21. The molecule has 1 nitrogen and oxygen atoms in total. The molecule has 0 aliphatic carbocycles. The minimum Gasteiger partial charge on any atom is -0.342 e. The van der Waals surface area contributed by atoms with Gasteiger partial charge in [-0.25, -0.2) is 0 Å². The zero-order valence-corrected chi connectivity index (χ0v) is 15.5. The lowest BCUT2D eigenvalue weighted by Gasteiger charge is -2.33. The lowest BCUT2D eigenvalue weighted by molar-refractivity contribution is 1.06. The van der Waals surface area contributed by atoms with Crippen molar-refractivity contribution in [2.24, 2.45) is 0 Å². The maximum absolute atomic E-state index is 2.35. The molecular weight excluding hydrogens is 310 g/mol. The van der Waals surface area contributed by atoms with E-state index < -0.39 is 0 Å². The minimum absolute atomic E-state index is 1.28. The summed E-state index contributed by atoms with van der Waals surface area (Å²) in [7, 11) is 2.18. The van der Waals surface area contributed by atoms with Crippen LogP contribution in [-0.2, 0) is 0 Å². The summed E-state index contributed by atoms with van der Waals surface area (Å²) in [5.41, 5.74) is 3.88. The number of anilines is 1. The quantitative estimate of drug-likeness (QED) is 0.575. The van der Waals surface area contributed by atoms with Gasteiger partial charge in [-0.1, -0.05) is 66.4 Å². The number of fused-ring (bicyclic) bond motifs is 3. The SMILES string of the molecule is CC=CC=CC1=C(C(C)=CC)N(C)c2c(ccc3ccccc23)S1. The van der Waals surface area contributed by atoms with E-state index in [1.807, 2.05) is 18.7 Å². The van der Waals surface area contributed by atoms with Crippen LogP contribution in [0, 0.1) is 0 Å². The molecule has 0 radical (unpaired) electrons. The van der Waals surface area contributed by atoms with Crippen LogP contribution in [-0.4, -0.2) is 7.05 Å². The van der Waals surface area contributed by atoms with Crippen LogP contribution in [0.4, 0.5) is 5.69 Å². The second kappa shape index (κ2) is 7.14. The molecule has 0 spiro atoms. The third-order valence-electron chi connectivity index (χ3n) is 4.35. The van der Waals surface area contributed by atoms with Gasteiger partial charge in [0.2, 0.25) is 0 Å². The summed E-state index contributed by atoms with van der Waals surface area (Å²) in [5.74, 6) is 0. The van der Waals surface area contributed by atoms with Crippen molar-refractivity contribution in [3.05, 3.63) is 83.0 Å². The van der Waals surface area contributed by atoms with Crippen LogP contribution in [0.3, 0.4) is 0 Å². The van der Waals surface area contributed by atoms with Gasteiger partial charge < -0.3 is 4.90 Å². The molecule has 0 bridgehead atoms. The monoisotopic (exact) mass is 333 g/mol. The Morgan fingerprint density at radius 2 is 1.83 bits per heavy atom. The molecule has 3 rings (SSSR count). The predicted molar refractivity (Wildman–Crippen MR) is 109 cm³/mol. The third kappa shape index (κ3) is 2.94. The van der Waals surface area contributed by atoms with Crippen molar-refractivity contribution in [2.75, 3.05) is 11.9 Å². The Bertz CT molecular complexity index is 884. The summed E-state index contributed by atoms with van der Waals surface area (Å²) in [6, 6.07) is 13.1. The fraction of sp³-hybridized carbons (Fsp3) is 0.182. The molecule has 122 valence electrons. The summed E-state index contributed by atoms with van der Waals surface area (Å²) in [4.78, 5) is 4.94. The summed E-state index contributed by atoms with van der Waals surface area (Å²) in [5, 5.41) is 2.59. The molecule has 0 aromatic heterocycles. The van der Waals surface area contributed by atoms with Crippen molar-refractivity contribution < 1.29 is 0 Å². The average Bonchev–Trinajstić information content (AvgIpc) is 2.61. The number of thioether (sulfide) groups is 1. The molecule has 0 amide bonds. The first kappa shape index (κ1) is 16.7. The van der Waals surface area contributed by atoms with E-state index >= 15 is 0 Å². The summed E-state index contributed by atoms with van der Waals surface area (Å²) < 4.78 is 0. The molecule has 0 atom stereocenters. The third-order valence-corrected chi connectivity index (χ3v) is 5.44. The molecule has 1 aliphatic heterocycles. The predicted octanol–water partition coefficient (Wildman–Crippen LogP) is 6.69. The second-order valence-electron chi connectivity index (χ2n) is 5.86. The first-order chi connectivity index (χ1) is 11.7. The van der Waals surface area contributed by atoms with Crippen molar-refractivity contribution in [1.29, 1.82) is 0 Å². The number of rotatable bonds is 3. The molecule has 0 N–H and O–H groups in total. The lowest BCUT2D eigenvalue weighted by atomic mass is 10.1. The van der Waals surface area contributed by atoms with Gasteiger partial charge in [0.25, 0.3) is 0 Å². The fourth-order valence-electron chi connectivity index (χ4n) is 3.07. The largest absolute Gasteiger partial charge is 0.342 e. The zero-order chi connectivity index (χ0) is 17.1. The molecule has 2 heteroatoms. The Hall–Kier alpha value is -2.19. The molecule has 0 saturated carbocycles. The number of nitrogens with zero attached hydrogens (tertiary/aromatic N) is 1. The molecule has 1 aliphatic rings. The first-order valence-electron chi connectivity index (χ1n) is 8.27. The van der Waals surface area contributed by atoms with Crippen LogP contribution in [0.15, 0.2) is 87.8 Å². The van der Waals surface area contributed by atoms with E-state index in [-0.39, 0.29) is 0 Å². The minimum atomic E-state index is 1.28. The smallest absolute Gasteiger partial charge is 0.0629 e. The van der Waals surface area contributed by atoms with Crippen LogP contribution >= 0.6 is 11.8 Å². The molecule has 2 aromatic carbocycles. The topological polar surface area (TPSA) is 3.24 Å². The molecule has 0 fully saturated rings. The van der Waals surface area contributed by atoms with Gasteiger partial charge in [0, 0.05) is 22.2 Å². The van der Waals surface area contributed by atoms with Crippen molar-refractivity contribution in [1.82, 2.24) is 0 Å². The fourth-order valence-corrected chi connectivity index (χ4v) is 4.33. The maximum Gasteiger partial charge on any atom is 0.0629 e. The summed E-state index contributed by atoms with van der Waals surface area (Å²) >= 11 is 1.85. The van der Waals surface area contributed by atoms with Gasteiger partial charge in [-0.2, -0.15) is 0 Å². The van der Waals surface area contributed by atoms with E-state index in [1.54, 1.807) is 0 Å². The van der Waals surface area contributed by atoms with Crippen molar-refractivity contribution in [2.45, 2.75) is 25.7 Å². The molecule has 0 unspecified atom stereocenters. The Kier molecular flexibility index (Phi) is 4.96. The van der Waals surface area contributed by atoms with Crippen LogP contribution in [0.5, 0.6) is 0 Å². The highest BCUT2D eigenvalue weighted by molar-refractivity contribution is 8.03. The highest BCUT2D eigenvalue weighted by Crippen LogP contribution is 2.48. The van der Waals surface area contributed by atoms with E-state index in [0.717, 1.165) is 0 Å². The van der Waals surface area contributed by atoms with Gasteiger partial charge in [0.15, 0.2) is 0 Å². The zero-order valence-electron chi connectivity index (χ0n) is 14.7. The molecule has 1 heterocycles. The normalized spacial score (nSPS) is 15.8. The second-order valence-corrected chi connectivity index (χ2v) is 6.95. The van der Waals surface area contributed by atoms with E-state index in [0.29, 0.717) is 0 Å². The average molecular weight is 334 g/mol. The van der Waals surface area contributed by atoms with Gasteiger partial charge in [0.05, 0.1) is 11.4 Å². The van der Waals surface area contributed by atoms with Gasteiger partial charge in [-0.05, 0) is 43.9 Å². The molecule has 24 heavy (non-hydrogen) atoms. The highest BCUT2D eigenvalue weighted by Gasteiger charge is 2.24. The standard InChI is InChI=1S/C22H23NS/c1-5-7-8-13-19-21(16(3)6-2)23(4)22-18-12-10-9-11-17(18)14-15-20(22)24-19/h5-15H,1-4H3. The van der Waals surface area contributed by atoms with Crippen molar-refractivity contribution in [3.63, 3.8) is 0 Å². The van der Waals surface area contributed by atoms with E-state index in [2.05, 4.69) is 92.6 Å². The van der Waals surface area contributed by atoms with Gasteiger partial charge in [-0.15, -0.1) is 0 Å². The molecule has 0 saturated heterocycles. The van der Waals surface area contributed by atoms with E-state index in [1.165, 1.54) is 37.5 Å². The molecular formula is C22H23NS.